The summed E-state index contributed by atoms with van der Waals surface area (Å²) in [5.74, 6) is -1.03. The maximum Gasteiger partial charge on any atom is 0.374 e. The van der Waals surface area contributed by atoms with Gasteiger partial charge in [0, 0.05) is 11.1 Å². The van der Waals surface area contributed by atoms with Gasteiger partial charge in [-0.25, -0.2) is 4.79 Å². The first kappa shape index (κ1) is 10.3. The standard InChI is InChI=1S/C6H11FO4/c1-2-9-3-4-10-5-6(8)11-7/h2-5H2,1H3. The van der Waals surface area contributed by atoms with Crippen LogP contribution in [-0.2, 0) is 19.2 Å². The smallest absolute Gasteiger partial charge is 0.374 e. The Labute approximate surface area is 64.1 Å². The molecule has 0 saturated heterocycles. The molecule has 0 radical (unpaired) electrons. The van der Waals surface area contributed by atoms with Crippen molar-refractivity contribution < 1.29 is 23.7 Å². The van der Waals surface area contributed by atoms with Crippen molar-refractivity contribution in [3.63, 3.8) is 0 Å². The quantitative estimate of drug-likeness (QED) is 0.538. The van der Waals surface area contributed by atoms with Gasteiger partial charge < -0.3 is 9.47 Å². The second-order valence-corrected chi connectivity index (χ2v) is 1.70. The molecule has 0 aliphatic heterocycles. The third kappa shape index (κ3) is 7.21. The Bertz CT molecular complexity index is 107. The molecule has 0 aromatic carbocycles. The van der Waals surface area contributed by atoms with E-state index in [0.29, 0.717) is 13.2 Å². The molecule has 0 aliphatic rings. The molecule has 11 heavy (non-hydrogen) atoms. The van der Waals surface area contributed by atoms with Crippen molar-refractivity contribution in [2.45, 2.75) is 6.92 Å². The number of halogens is 1. The van der Waals surface area contributed by atoms with E-state index in [4.69, 9.17) is 4.74 Å². The molecule has 0 rings (SSSR count). The molecule has 5 heteroatoms. The summed E-state index contributed by atoms with van der Waals surface area (Å²) in [4.78, 5) is 12.9. The van der Waals surface area contributed by atoms with Crippen LogP contribution in [0.5, 0.6) is 0 Å². The minimum absolute atomic E-state index is 0.267. The molecule has 4 nitrogen and oxygen atoms in total. The third-order valence-corrected chi connectivity index (χ3v) is 0.882. The highest BCUT2D eigenvalue weighted by Gasteiger charge is 2.01. The Morgan fingerprint density at radius 2 is 2.00 bits per heavy atom. The van der Waals surface area contributed by atoms with Crippen molar-refractivity contribution >= 4 is 5.97 Å². The van der Waals surface area contributed by atoms with Crippen LogP contribution < -0.4 is 0 Å². The minimum atomic E-state index is -1.03. The summed E-state index contributed by atoms with van der Waals surface area (Å²) in [5.41, 5.74) is 0. The average Bonchev–Trinajstić information content (AvgIpc) is 2.04. The first-order valence-electron chi connectivity index (χ1n) is 3.28. The van der Waals surface area contributed by atoms with E-state index in [1.54, 1.807) is 0 Å². The normalized spacial score (nSPS) is 9.64. The number of hydrogen-bond donors (Lipinski definition) is 0. The SMILES string of the molecule is CCOCCOCC(=O)OF. The molecular formula is C6H11FO4. The Balaban J connectivity index is 2.95. The predicted molar refractivity (Wildman–Crippen MR) is 34.5 cm³/mol. The van der Waals surface area contributed by atoms with Crippen molar-refractivity contribution in [1.29, 1.82) is 0 Å². The van der Waals surface area contributed by atoms with Crippen molar-refractivity contribution in [2.75, 3.05) is 26.4 Å². The van der Waals surface area contributed by atoms with Gasteiger partial charge in [0.1, 0.15) is 6.61 Å². The van der Waals surface area contributed by atoms with Gasteiger partial charge >= 0.3 is 5.97 Å². The molecule has 0 saturated carbocycles. The van der Waals surface area contributed by atoms with E-state index in [1.807, 2.05) is 6.92 Å². The van der Waals surface area contributed by atoms with Crippen molar-refractivity contribution in [1.82, 2.24) is 0 Å². The molecule has 0 aliphatic carbocycles. The zero-order valence-corrected chi connectivity index (χ0v) is 6.34. The number of ether oxygens (including phenoxy) is 2. The summed E-state index contributed by atoms with van der Waals surface area (Å²) in [7, 11) is 0. The van der Waals surface area contributed by atoms with Crippen LogP contribution >= 0.6 is 0 Å². The van der Waals surface area contributed by atoms with E-state index in [2.05, 4.69) is 9.68 Å². The first-order valence-corrected chi connectivity index (χ1v) is 3.28. The van der Waals surface area contributed by atoms with Crippen LogP contribution in [0.25, 0.3) is 0 Å². The maximum atomic E-state index is 11.0. The summed E-state index contributed by atoms with van der Waals surface area (Å²) in [5, 5.41) is 0. The van der Waals surface area contributed by atoms with Gasteiger partial charge in [-0.2, -0.15) is 0 Å². The fourth-order valence-corrected chi connectivity index (χ4v) is 0.440. The summed E-state index contributed by atoms with van der Waals surface area (Å²) >= 11 is 0. The summed E-state index contributed by atoms with van der Waals surface area (Å²) in [6.45, 7) is 2.73. The molecule has 0 fully saturated rings. The molecule has 0 atom stereocenters. The van der Waals surface area contributed by atoms with E-state index < -0.39 is 5.97 Å². The molecule has 0 N–H and O–H groups in total. The zero-order chi connectivity index (χ0) is 8.53. The average molecular weight is 166 g/mol. The molecule has 0 unspecified atom stereocenters. The molecule has 0 aromatic rings. The molecule has 0 spiro atoms. The second-order valence-electron chi connectivity index (χ2n) is 1.70. The highest BCUT2D eigenvalue weighted by Crippen LogP contribution is 1.82. The Morgan fingerprint density at radius 3 is 2.55 bits per heavy atom. The van der Waals surface area contributed by atoms with Crippen LogP contribution in [0, 0.1) is 0 Å². The van der Waals surface area contributed by atoms with Gasteiger partial charge in [-0.3, -0.25) is 4.94 Å². The largest absolute Gasteiger partial charge is 0.379 e. The highest BCUT2D eigenvalue weighted by molar-refractivity contribution is 5.69. The van der Waals surface area contributed by atoms with Gasteiger partial charge in [-0.05, 0) is 6.92 Å². The zero-order valence-electron chi connectivity index (χ0n) is 6.34. The first-order chi connectivity index (χ1) is 5.31. The molecule has 66 valence electrons. The van der Waals surface area contributed by atoms with E-state index in [1.165, 1.54) is 0 Å². The molecular weight excluding hydrogens is 155 g/mol. The summed E-state index contributed by atoms with van der Waals surface area (Å²) in [6.07, 6.45) is 0. The minimum Gasteiger partial charge on any atom is -0.379 e. The topological polar surface area (TPSA) is 44.8 Å². The monoisotopic (exact) mass is 166 g/mol. The van der Waals surface area contributed by atoms with E-state index in [0.717, 1.165) is 0 Å². The number of carbonyl (C=O) groups excluding carboxylic acids is 1. The lowest BCUT2D eigenvalue weighted by Crippen LogP contribution is -2.12. The van der Waals surface area contributed by atoms with Crippen LogP contribution in [0.1, 0.15) is 6.92 Å². The summed E-state index contributed by atoms with van der Waals surface area (Å²) < 4.78 is 20.5. The van der Waals surface area contributed by atoms with Crippen LogP contribution in [0.4, 0.5) is 4.53 Å². The molecule has 0 aromatic heterocycles. The maximum absolute atomic E-state index is 11.0. The van der Waals surface area contributed by atoms with Gasteiger partial charge in [0.05, 0.1) is 13.2 Å². The van der Waals surface area contributed by atoms with Crippen molar-refractivity contribution in [3.8, 4) is 0 Å². The van der Waals surface area contributed by atoms with Crippen LogP contribution in [0.3, 0.4) is 0 Å². The Morgan fingerprint density at radius 1 is 1.36 bits per heavy atom. The lowest BCUT2D eigenvalue weighted by Gasteiger charge is -2.00. The van der Waals surface area contributed by atoms with Crippen LogP contribution in [-0.4, -0.2) is 32.4 Å². The van der Waals surface area contributed by atoms with Crippen molar-refractivity contribution in [2.24, 2.45) is 0 Å². The van der Waals surface area contributed by atoms with Gasteiger partial charge in [0.2, 0.25) is 0 Å². The van der Waals surface area contributed by atoms with Crippen LogP contribution in [0.2, 0.25) is 0 Å². The van der Waals surface area contributed by atoms with Crippen LogP contribution in [0.15, 0.2) is 0 Å². The second kappa shape index (κ2) is 7.43. The molecule has 0 heterocycles. The Kier molecular flexibility index (Phi) is 6.97. The van der Waals surface area contributed by atoms with E-state index >= 15 is 0 Å². The third-order valence-electron chi connectivity index (χ3n) is 0.882. The van der Waals surface area contributed by atoms with Gasteiger partial charge in [-0.1, -0.05) is 0 Å². The van der Waals surface area contributed by atoms with Crippen molar-refractivity contribution in [3.05, 3.63) is 0 Å². The lowest BCUT2D eigenvalue weighted by molar-refractivity contribution is -0.189. The van der Waals surface area contributed by atoms with E-state index in [9.17, 15) is 9.32 Å². The predicted octanol–water partition coefficient (Wildman–Crippen LogP) is 0.467. The number of hydrogen-bond acceptors (Lipinski definition) is 4. The number of carbonyl (C=O) groups is 1. The van der Waals surface area contributed by atoms with Gasteiger partial charge in [0.25, 0.3) is 0 Å². The lowest BCUT2D eigenvalue weighted by atomic mass is 10.7. The highest BCUT2D eigenvalue weighted by atomic mass is 19.3. The van der Waals surface area contributed by atoms with E-state index in [-0.39, 0.29) is 13.2 Å². The van der Waals surface area contributed by atoms with Gasteiger partial charge in [0.15, 0.2) is 0 Å². The fourth-order valence-electron chi connectivity index (χ4n) is 0.440. The molecule has 0 bridgehead atoms. The Hall–Kier alpha value is -0.680. The van der Waals surface area contributed by atoms with Gasteiger partial charge in [-0.15, -0.1) is 0 Å². The summed E-state index contributed by atoms with van der Waals surface area (Å²) in [6, 6.07) is 0. The molecule has 0 amide bonds. The fraction of sp³-hybridized carbons (Fsp3) is 0.833. The number of rotatable bonds is 6.